The van der Waals surface area contributed by atoms with E-state index < -0.39 is 0 Å². The van der Waals surface area contributed by atoms with E-state index in [-0.39, 0.29) is 17.1 Å². The molecule has 1 N–H and O–H groups in total. The summed E-state index contributed by atoms with van der Waals surface area (Å²) >= 11 is 0. The van der Waals surface area contributed by atoms with E-state index >= 15 is 0 Å². The average Bonchev–Trinajstić information content (AvgIpc) is 1.99. The number of hydrogen-bond acceptors (Lipinski definition) is 2. The van der Waals surface area contributed by atoms with Gasteiger partial charge in [-0.25, -0.2) is 4.79 Å². The third-order valence-corrected chi connectivity index (χ3v) is 2.37. The topological polar surface area (TPSA) is 41.6 Å². The summed E-state index contributed by atoms with van der Waals surface area (Å²) in [5.74, 6) is 0. The normalized spacial score (nSPS) is 21.3. The van der Waals surface area contributed by atoms with Crippen LogP contribution in [0.25, 0.3) is 0 Å². The molecule has 0 radical (unpaired) electrons. The van der Waals surface area contributed by atoms with Crippen LogP contribution in [0.5, 0.6) is 0 Å². The van der Waals surface area contributed by atoms with Gasteiger partial charge in [-0.2, -0.15) is 0 Å². The molecule has 4 nitrogen and oxygen atoms in total. The van der Waals surface area contributed by atoms with Crippen LogP contribution in [-0.4, -0.2) is 41.8 Å². The highest BCUT2D eigenvalue weighted by atomic mass is 16.5. The molecule has 0 aromatic carbocycles. The number of hydrogen-bond donors (Lipinski definition) is 1. The standard InChI is InChI=1S/C11H22N2O2/c1-10(2,3)12-9(14)13-6-7-15-8-11(13,4)5/h6-8H2,1-5H3,(H,12,14). The summed E-state index contributed by atoms with van der Waals surface area (Å²) in [7, 11) is 0. The highest BCUT2D eigenvalue weighted by molar-refractivity contribution is 5.75. The molecule has 0 unspecified atom stereocenters. The zero-order valence-electron chi connectivity index (χ0n) is 10.4. The van der Waals surface area contributed by atoms with Crippen molar-refractivity contribution in [3.8, 4) is 0 Å². The van der Waals surface area contributed by atoms with E-state index in [1.54, 1.807) is 0 Å². The van der Waals surface area contributed by atoms with Gasteiger partial charge in [0.05, 0.1) is 18.8 Å². The summed E-state index contributed by atoms with van der Waals surface area (Å²) in [6.07, 6.45) is 0. The zero-order valence-corrected chi connectivity index (χ0v) is 10.4. The Labute approximate surface area is 92.0 Å². The molecule has 0 aromatic heterocycles. The Kier molecular flexibility index (Phi) is 3.28. The molecule has 1 aliphatic heterocycles. The van der Waals surface area contributed by atoms with Gasteiger partial charge in [0.25, 0.3) is 0 Å². The second kappa shape index (κ2) is 4.00. The quantitative estimate of drug-likeness (QED) is 0.665. The minimum Gasteiger partial charge on any atom is -0.377 e. The SMILES string of the molecule is CC(C)(C)NC(=O)N1CCOCC1(C)C. The van der Waals surface area contributed by atoms with E-state index in [1.165, 1.54) is 0 Å². The van der Waals surface area contributed by atoms with Crippen molar-refractivity contribution in [1.29, 1.82) is 0 Å². The first-order chi connectivity index (χ1) is 6.72. The largest absolute Gasteiger partial charge is 0.377 e. The van der Waals surface area contributed by atoms with Crippen molar-refractivity contribution in [1.82, 2.24) is 10.2 Å². The van der Waals surface area contributed by atoms with Crippen molar-refractivity contribution in [2.45, 2.75) is 45.7 Å². The summed E-state index contributed by atoms with van der Waals surface area (Å²) in [6, 6.07) is -0.00389. The minimum absolute atomic E-state index is 0.00389. The summed E-state index contributed by atoms with van der Waals surface area (Å²) in [5, 5.41) is 2.98. The lowest BCUT2D eigenvalue weighted by Crippen LogP contribution is -2.60. The van der Waals surface area contributed by atoms with Gasteiger partial charge < -0.3 is 15.0 Å². The molecule has 1 aliphatic rings. The van der Waals surface area contributed by atoms with Crippen LogP contribution >= 0.6 is 0 Å². The maximum Gasteiger partial charge on any atom is 0.318 e. The first kappa shape index (κ1) is 12.3. The van der Waals surface area contributed by atoms with E-state index in [4.69, 9.17) is 4.74 Å². The first-order valence-corrected chi connectivity index (χ1v) is 5.40. The minimum atomic E-state index is -0.215. The van der Waals surface area contributed by atoms with Gasteiger partial charge in [-0.15, -0.1) is 0 Å². The summed E-state index contributed by atoms with van der Waals surface area (Å²) in [4.78, 5) is 13.8. The van der Waals surface area contributed by atoms with Crippen molar-refractivity contribution in [2.24, 2.45) is 0 Å². The van der Waals surface area contributed by atoms with Gasteiger partial charge in [0.2, 0.25) is 0 Å². The van der Waals surface area contributed by atoms with Crippen LogP contribution in [0.2, 0.25) is 0 Å². The van der Waals surface area contributed by atoms with Gasteiger partial charge in [0.1, 0.15) is 0 Å². The fraction of sp³-hybridized carbons (Fsp3) is 0.909. The molecule has 88 valence electrons. The molecule has 1 rings (SSSR count). The lowest BCUT2D eigenvalue weighted by molar-refractivity contribution is -0.0288. The molecule has 1 saturated heterocycles. The highest BCUT2D eigenvalue weighted by Crippen LogP contribution is 2.19. The molecular formula is C11H22N2O2. The number of nitrogens with zero attached hydrogens (tertiary/aromatic N) is 1. The van der Waals surface area contributed by atoms with Crippen LogP contribution < -0.4 is 5.32 Å². The number of carbonyl (C=O) groups is 1. The molecule has 4 heteroatoms. The van der Waals surface area contributed by atoms with Crippen molar-refractivity contribution in [3.05, 3.63) is 0 Å². The second-order valence-electron chi connectivity index (χ2n) is 5.70. The molecule has 1 fully saturated rings. The van der Waals surface area contributed by atoms with E-state index in [2.05, 4.69) is 5.32 Å². The molecule has 0 aliphatic carbocycles. The summed E-state index contributed by atoms with van der Waals surface area (Å²) < 4.78 is 5.37. The van der Waals surface area contributed by atoms with Gasteiger partial charge >= 0.3 is 6.03 Å². The first-order valence-electron chi connectivity index (χ1n) is 5.40. The van der Waals surface area contributed by atoms with Crippen molar-refractivity contribution in [2.75, 3.05) is 19.8 Å². The van der Waals surface area contributed by atoms with Crippen molar-refractivity contribution >= 4 is 6.03 Å². The lowest BCUT2D eigenvalue weighted by Gasteiger charge is -2.43. The summed E-state index contributed by atoms with van der Waals surface area (Å²) in [6.45, 7) is 11.9. The molecule has 2 amide bonds. The fourth-order valence-electron chi connectivity index (χ4n) is 1.62. The van der Waals surface area contributed by atoms with Crippen LogP contribution in [-0.2, 0) is 4.74 Å². The van der Waals surface area contributed by atoms with Crippen LogP contribution in [0, 0.1) is 0 Å². The Bertz CT molecular complexity index is 243. The highest BCUT2D eigenvalue weighted by Gasteiger charge is 2.35. The maximum absolute atomic E-state index is 12.0. The van der Waals surface area contributed by atoms with Crippen molar-refractivity contribution in [3.63, 3.8) is 0 Å². The maximum atomic E-state index is 12.0. The molecule has 0 spiro atoms. The predicted octanol–water partition coefficient (Wildman–Crippen LogP) is 1.61. The molecular weight excluding hydrogens is 192 g/mol. The van der Waals surface area contributed by atoms with Gasteiger partial charge in [-0.1, -0.05) is 0 Å². The third kappa shape index (κ3) is 3.38. The number of nitrogens with one attached hydrogen (secondary N) is 1. The Morgan fingerprint density at radius 3 is 2.47 bits per heavy atom. The predicted molar refractivity (Wildman–Crippen MR) is 59.9 cm³/mol. The second-order valence-corrected chi connectivity index (χ2v) is 5.70. The monoisotopic (exact) mass is 214 g/mol. The number of ether oxygens (including phenoxy) is 1. The Hall–Kier alpha value is -0.770. The van der Waals surface area contributed by atoms with Crippen LogP contribution in [0.15, 0.2) is 0 Å². The van der Waals surface area contributed by atoms with Crippen LogP contribution in [0.1, 0.15) is 34.6 Å². The third-order valence-electron chi connectivity index (χ3n) is 2.37. The smallest absolute Gasteiger partial charge is 0.318 e. The Balaban J connectivity index is 2.65. The number of amides is 2. The molecule has 15 heavy (non-hydrogen) atoms. The van der Waals surface area contributed by atoms with Crippen LogP contribution in [0.4, 0.5) is 4.79 Å². The Morgan fingerprint density at radius 2 is 2.00 bits per heavy atom. The van der Waals surface area contributed by atoms with Gasteiger partial charge in [-0.3, -0.25) is 0 Å². The van der Waals surface area contributed by atoms with E-state index in [0.717, 1.165) is 0 Å². The van der Waals surface area contributed by atoms with Crippen molar-refractivity contribution < 1.29 is 9.53 Å². The fourth-order valence-corrected chi connectivity index (χ4v) is 1.62. The number of rotatable bonds is 0. The van der Waals surface area contributed by atoms with Crippen LogP contribution in [0.3, 0.4) is 0 Å². The van der Waals surface area contributed by atoms with E-state index in [1.807, 2.05) is 39.5 Å². The molecule has 0 saturated carbocycles. The van der Waals surface area contributed by atoms with Gasteiger partial charge in [0.15, 0.2) is 0 Å². The molecule has 0 bridgehead atoms. The number of carbonyl (C=O) groups excluding carboxylic acids is 1. The zero-order chi connectivity index (χ0) is 11.7. The van der Waals surface area contributed by atoms with Gasteiger partial charge in [-0.05, 0) is 34.6 Å². The molecule has 0 atom stereocenters. The molecule has 0 aromatic rings. The number of urea groups is 1. The van der Waals surface area contributed by atoms with E-state index in [9.17, 15) is 4.79 Å². The Morgan fingerprint density at radius 1 is 1.40 bits per heavy atom. The molecule has 1 heterocycles. The average molecular weight is 214 g/mol. The summed E-state index contributed by atoms with van der Waals surface area (Å²) in [5.41, 5.74) is -0.404. The number of morpholine rings is 1. The van der Waals surface area contributed by atoms with Gasteiger partial charge in [0, 0.05) is 12.1 Å². The van der Waals surface area contributed by atoms with E-state index in [0.29, 0.717) is 19.8 Å². The lowest BCUT2D eigenvalue weighted by atomic mass is 10.0.